The highest BCUT2D eigenvalue weighted by Crippen LogP contribution is 2.00. The molecule has 0 amide bonds. The number of carbonyl (C=O) groups is 1. The van der Waals surface area contributed by atoms with Crippen molar-refractivity contribution in [3.8, 4) is 0 Å². The molecule has 0 radical (unpaired) electrons. The van der Waals surface area contributed by atoms with E-state index in [0.717, 1.165) is 5.56 Å². The molecule has 0 aliphatic rings. The molecule has 2 nitrogen and oxygen atoms in total. The Hall–Kier alpha value is -0.830. The average molecular weight is 230 g/mol. The van der Waals surface area contributed by atoms with Crippen molar-refractivity contribution in [2.24, 2.45) is 0 Å². The molecule has 0 aliphatic carbocycles. The molecular weight excluding hydrogens is 221 g/mol. The highest BCUT2D eigenvalue weighted by molar-refractivity contribution is 9.09. The fourth-order valence-corrected chi connectivity index (χ4v) is 0.939. The smallest absolute Gasteiger partial charge is 0.316 e. The van der Waals surface area contributed by atoms with Gasteiger partial charge in [-0.2, -0.15) is 0 Å². The molecule has 0 atom stereocenters. The molecular formula is C9H9BrO2. The van der Waals surface area contributed by atoms with Crippen molar-refractivity contribution in [1.82, 2.24) is 0 Å². The highest BCUT2D eigenvalue weighted by Gasteiger charge is 1.98. The minimum Gasteiger partial charge on any atom is -0.460 e. The summed E-state index contributed by atoms with van der Waals surface area (Å²) in [6, 6.07) is 9.59. The summed E-state index contributed by atoms with van der Waals surface area (Å²) in [6.45, 7) is 0.352. The van der Waals surface area contributed by atoms with Crippen LogP contribution in [0.3, 0.4) is 0 Å². The molecule has 1 rings (SSSR count). The van der Waals surface area contributed by atoms with Gasteiger partial charge in [-0.15, -0.1) is 0 Å². The zero-order valence-corrected chi connectivity index (χ0v) is 8.08. The number of esters is 1. The average Bonchev–Trinajstić information content (AvgIpc) is 2.16. The number of rotatable bonds is 3. The van der Waals surface area contributed by atoms with Crippen LogP contribution in [0.2, 0.25) is 0 Å². The van der Waals surface area contributed by atoms with Crippen molar-refractivity contribution in [3.05, 3.63) is 35.9 Å². The summed E-state index contributed by atoms with van der Waals surface area (Å²) < 4.78 is 4.89. The first-order valence-corrected chi connectivity index (χ1v) is 4.70. The lowest BCUT2D eigenvalue weighted by Crippen LogP contribution is -2.04. The van der Waals surface area contributed by atoms with Crippen molar-refractivity contribution in [1.29, 1.82) is 0 Å². The Labute approximate surface area is 79.7 Å². The predicted octanol–water partition coefficient (Wildman–Crippen LogP) is 2.12. The summed E-state index contributed by atoms with van der Waals surface area (Å²) in [4.78, 5) is 10.7. The van der Waals surface area contributed by atoms with Gasteiger partial charge in [0.25, 0.3) is 0 Å². The van der Waals surface area contributed by atoms with Crippen molar-refractivity contribution in [2.45, 2.75) is 6.61 Å². The first-order chi connectivity index (χ1) is 5.83. The van der Waals surface area contributed by atoms with E-state index in [9.17, 15) is 4.79 Å². The first-order valence-electron chi connectivity index (χ1n) is 3.58. The Morgan fingerprint density at radius 2 is 2.00 bits per heavy atom. The Balaban J connectivity index is 2.38. The lowest BCUT2D eigenvalue weighted by molar-refractivity contribution is -0.141. The molecule has 0 unspecified atom stereocenters. The Morgan fingerprint density at radius 3 is 2.58 bits per heavy atom. The molecule has 12 heavy (non-hydrogen) atoms. The number of benzene rings is 1. The lowest BCUT2D eigenvalue weighted by atomic mass is 10.2. The second-order valence-corrected chi connectivity index (χ2v) is 2.84. The Kier molecular flexibility index (Phi) is 3.80. The highest BCUT2D eigenvalue weighted by atomic mass is 79.9. The van der Waals surface area contributed by atoms with Crippen LogP contribution in [-0.4, -0.2) is 11.3 Å². The second-order valence-electron chi connectivity index (χ2n) is 2.28. The van der Waals surface area contributed by atoms with Gasteiger partial charge in [0.2, 0.25) is 0 Å². The van der Waals surface area contributed by atoms with Crippen molar-refractivity contribution in [3.63, 3.8) is 0 Å². The molecule has 1 aromatic carbocycles. The normalized spacial score (nSPS) is 9.42. The van der Waals surface area contributed by atoms with Crippen molar-refractivity contribution in [2.75, 3.05) is 5.33 Å². The van der Waals surface area contributed by atoms with Crippen LogP contribution >= 0.6 is 15.9 Å². The zero-order chi connectivity index (χ0) is 8.81. The standard InChI is InChI=1S/C9H9BrO2/c10-6-9(11)12-7-8-4-2-1-3-5-8/h1-5H,6-7H2/i6+1. The van der Waals surface area contributed by atoms with E-state index in [4.69, 9.17) is 4.74 Å². The summed E-state index contributed by atoms with van der Waals surface area (Å²) in [6.07, 6.45) is 0. The van der Waals surface area contributed by atoms with Crippen LogP contribution in [0, 0.1) is 0 Å². The SMILES string of the molecule is O=C([13CH2]Br)OCc1ccccc1. The minimum atomic E-state index is -0.237. The quantitative estimate of drug-likeness (QED) is 0.451. The molecule has 1 aromatic rings. The number of hydrogen-bond acceptors (Lipinski definition) is 2. The van der Waals surface area contributed by atoms with Gasteiger partial charge in [0.05, 0.1) is 0 Å². The number of alkyl halides is 1. The van der Waals surface area contributed by atoms with Gasteiger partial charge in [-0.05, 0) is 5.56 Å². The van der Waals surface area contributed by atoms with Gasteiger partial charge in [-0.1, -0.05) is 46.3 Å². The summed E-state index contributed by atoms with van der Waals surface area (Å²) in [5.74, 6) is -0.237. The fourth-order valence-electron chi connectivity index (χ4n) is 0.777. The maximum atomic E-state index is 10.7. The second kappa shape index (κ2) is 4.93. The number of carbonyl (C=O) groups excluding carboxylic acids is 1. The molecule has 0 N–H and O–H groups in total. The summed E-state index contributed by atoms with van der Waals surface area (Å²) >= 11 is 3.01. The number of halogens is 1. The van der Waals surface area contributed by atoms with E-state index < -0.39 is 0 Å². The molecule has 0 spiro atoms. The molecule has 0 heterocycles. The van der Waals surface area contributed by atoms with E-state index in [1.807, 2.05) is 30.3 Å². The lowest BCUT2D eigenvalue weighted by Gasteiger charge is -2.01. The van der Waals surface area contributed by atoms with Gasteiger partial charge in [-0.3, -0.25) is 4.79 Å². The number of ether oxygens (including phenoxy) is 1. The molecule has 64 valence electrons. The largest absolute Gasteiger partial charge is 0.460 e. The van der Waals surface area contributed by atoms with Crippen LogP contribution in [0.15, 0.2) is 30.3 Å². The monoisotopic (exact) mass is 229 g/mol. The van der Waals surface area contributed by atoms with Gasteiger partial charge < -0.3 is 4.74 Å². The summed E-state index contributed by atoms with van der Waals surface area (Å²) in [5.41, 5.74) is 1.01. The summed E-state index contributed by atoms with van der Waals surface area (Å²) in [5, 5.41) is 0.250. The van der Waals surface area contributed by atoms with Crippen LogP contribution in [0.5, 0.6) is 0 Å². The van der Waals surface area contributed by atoms with Crippen LogP contribution < -0.4 is 0 Å². The van der Waals surface area contributed by atoms with E-state index in [0.29, 0.717) is 6.61 Å². The molecule has 0 aliphatic heterocycles. The van der Waals surface area contributed by atoms with Crippen LogP contribution in [0.4, 0.5) is 0 Å². The van der Waals surface area contributed by atoms with E-state index in [-0.39, 0.29) is 11.3 Å². The third kappa shape index (κ3) is 3.05. The molecule has 0 fully saturated rings. The van der Waals surface area contributed by atoms with E-state index in [1.165, 1.54) is 0 Å². The van der Waals surface area contributed by atoms with E-state index in [2.05, 4.69) is 15.9 Å². The van der Waals surface area contributed by atoms with Gasteiger partial charge in [0, 0.05) is 0 Å². The topological polar surface area (TPSA) is 26.3 Å². The van der Waals surface area contributed by atoms with Crippen LogP contribution in [0.1, 0.15) is 5.56 Å². The maximum Gasteiger partial charge on any atom is 0.316 e. The number of hydrogen-bond donors (Lipinski definition) is 0. The van der Waals surface area contributed by atoms with E-state index in [1.54, 1.807) is 0 Å². The molecule has 3 heteroatoms. The van der Waals surface area contributed by atoms with Crippen molar-refractivity contribution < 1.29 is 9.53 Å². The fraction of sp³-hybridized carbons (Fsp3) is 0.222. The third-order valence-electron chi connectivity index (χ3n) is 1.35. The Bertz CT molecular complexity index is 246. The minimum absolute atomic E-state index is 0.237. The Morgan fingerprint density at radius 1 is 1.33 bits per heavy atom. The van der Waals surface area contributed by atoms with E-state index >= 15 is 0 Å². The molecule has 0 aromatic heterocycles. The van der Waals surface area contributed by atoms with Crippen LogP contribution in [0.25, 0.3) is 0 Å². The molecule has 0 saturated heterocycles. The van der Waals surface area contributed by atoms with Crippen LogP contribution in [-0.2, 0) is 16.1 Å². The maximum absolute atomic E-state index is 10.7. The zero-order valence-electron chi connectivity index (χ0n) is 6.50. The predicted molar refractivity (Wildman–Crippen MR) is 50.0 cm³/mol. The van der Waals surface area contributed by atoms with Gasteiger partial charge in [-0.25, -0.2) is 0 Å². The van der Waals surface area contributed by atoms with Gasteiger partial charge in [0.1, 0.15) is 11.9 Å². The first kappa shape index (κ1) is 9.26. The summed E-state index contributed by atoms with van der Waals surface area (Å²) in [7, 11) is 0. The van der Waals surface area contributed by atoms with Gasteiger partial charge >= 0.3 is 5.97 Å². The third-order valence-corrected chi connectivity index (χ3v) is 1.81. The molecule has 0 bridgehead atoms. The van der Waals surface area contributed by atoms with Gasteiger partial charge in [0.15, 0.2) is 0 Å². The van der Waals surface area contributed by atoms with Crippen molar-refractivity contribution >= 4 is 21.9 Å². The molecule has 0 saturated carbocycles.